The molecule has 0 bridgehead atoms. The van der Waals surface area contributed by atoms with Crippen molar-refractivity contribution in [3.05, 3.63) is 33.3 Å². The molecule has 0 saturated carbocycles. The molecule has 1 unspecified atom stereocenters. The van der Waals surface area contributed by atoms with Crippen molar-refractivity contribution < 1.29 is 0 Å². The minimum atomic E-state index is 0.249. The van der Waals surface area contributed by atoms with Gasteiger partial charge in [0.15, 0.2) is 0 Å². The van der Waals surface area contributed by atoms with E-state index in [-0.39, 0.29) is 6.04 Å². The van der Waals surface area contributed by atoms with Crippen molar-refractivity contribution in [2.75, 3.05) is 19.6 Å². The summed E-state index contributed by atoms with van der Waals surface area (Å²) in [6.07, 6.45) is 3.85. The highest BCUT2D eigenvalue weighted by Gasteiger charge is 2.25. The third-order valence-corrected chi connectivity index (χ3v) is 5.03. The Hall–Kier alpha value is -0.0900. The van der Waals surface area contributed by atoms with E-state index in [9.17, 15) is 0 Å². The highest BCUT2D eigenvalue weighted by atomic mass is 79.9. The summed E-state index contributed by atoms with van der Waals surface area (Å²) in [4.78, 5) is 2.49. The first kappa shape index (κ1) is 15.3. The number of piperidine rings is 1. The monoisotopic (exact) mass is 344 g/mol. The van der Waals surface area contributed by atoms with Gasteiger partial charge in [-0.05, 0) is 49.5 Å². The van der Waals surface area contributed by atoms with E-state index >= 15 is 0 Å². The van der Waals surface area contributed by atoms with Gasteiger partial charge >= 0.3 is 0 Å². The number of nitrogens with two attached hydrogens (primary N) is 1. The fourth-order valence-corrected chi connectivity index (χ4v) is 3.72. The lowest BCUT2D eigenvalue weighted by atomic mass is 9.92. The number of hydrogen-bond donors (Lipinski definition) is 1. The molecule has 0 radical (unpaired) electrons. The third kappa shape index (κ3) is 3.72. The van der Waals surface area contributed by atoms with E-state index in [1.807, 2.05) is 12.1 Å². The molecule has 1 fully saturated rings. The average Bonchev–Trinajstić information content (AvgIpc) is 2.42. The van der Waals surface area contributed by atoms with E-state index in [4.69, 9.17) is 17.3 Å². The van der Waals surface area contributed by atoms with Gasteiger partial charge in [0.2, 0.25) is 0 Å². The van der Waals surface area contributed by atoms with Crippen LogP contribution in [0.5, 0.6) is 0 Å². The first-order valence-electron chi connectivity index (χ1n) is 7.04. The van der Waals surface area contributed by atoms with Crippen LogP contribution in [0.15, 0.2) is 22.7 Å². The van der Waals surface area contributed by atoms with Gasteiger partial charge < -0.3 is 5.73 Å². The van der Waals surface area contributed by atoms with Gasteiger partial charge in [0.25, 0.3) is 0 Å². The molecule has 1 aliphatic heterocycles. The molecule has 0 aromatic heterocycles. The molecular formula is C15H22BrClN2. The van der Waals surface area contributed by atoms with E-state index in [0.717, 1.165) is 34.1 Å². The zero-order chi connectivity index (χ0) is 13.8. The second kappa shape index (κ2) is 7.07. The molecule has 0 amide bonds. The molecule has 1 saturated heterocycles. The third-order valence-electron chi connectivity index (χ3n) is 4.21. The van der Waals surface area contributed by atoms with E-state index in [1.165, 1.54) is 19.3 Å². The predicted molar refractivity (Wildman–Crippen MR) is 85.5 cm³/mol. The average molecular weight is 346 g/mol. The van der Waals surface area contributed by atoms with Gasteiger partial charge in [0, 0.05) is 22.1 Å². The Morgan fingerprint density at radius 3 is 2.63 bits per heavy atom. The molecule has 19 heavy (non-hydrogen) atoms. The SMILES string of the molecule is CCC1CCN(C(CN)c2ccc(Br)cc2Cl)CC1. The van der Waals surface area contributed by atoms with E-state index < -0.39 is 0 Å². The summed E-state index contributed by atoms with van der Waals surface area (Å²) in [5.74, 6) is 0.884. The van der Waals surface area contributed by atoms with Crippen LogP contribution in [-0.2, 0) is 0 Å². The maximum absolute atomic E-state index is 6.37. The Kier molecular flexibility index (Phi) is 5.70. The number of rotatable bonds is 4. The summed E-state index contributed by atoms with van der Waals surface area (Å²) in [7, 11) is 0. The number of hydrogen-bond acceptors (Lipinski definition) is 2. The van der Waals surface area contributed by atoms with Gasteiger partial charge in [-0.2, -0.15) is 0 Å². The molecule has 106 valence electrons. The Morgan fingerprint density at radius 2 is 2.11 bits per heavy atom. The molecule has 1 aromatic rings. The van der Waals surface area contributed by atoms with Crippen LogP contribution in [0.4, 0.5) is 0 Å². The van der Waals surface area contributed by atoms with Crippen molar-refractivity contribution >= 4 is 27.5 Å². The predicted octanol–water partition coefficient (Wildman–Crippen LogP) is 4.22. The van der Waals surface area contributed by atoms with Gasteiger partial charge in [0.1, 0.15) is 0 Å². The second-order valence-corrected chi connectivity index (χ2v) is 6.63. The van der Waals surface area contributed by atoms with Crippen LogP contribution in [0, 0.1) is 5.92 Å². The number of nitrogens with zero attached hydrogens (tertiary/aromatic N) is 1. The Morgan fingerprint density at radius 1 is 1.42 bits per heavy atom. The van der Waals surface area contributed by atoms with Crippen LogP contribution in [0.2, 0.25) is 5.02 Å². The smallest absolute Gasteiger partial charge is 0.0485 e. The normalized spacial score (nSPS) is 19.6. The lowest BCUT2D eigenvalue weighted by molar-refractivity contribution is 0.134. The largest absolute Gasteiger partial charge is 0.329 e. The fraction of sp³-hybridized carbons (Fsp3) is 0.600. The fourth-order valence-electron chi connectivity index (χ4n) is 2.92. The molecule has 4 heteroatoms. The first-order valence-corrected chi connectivity index (χ1v) is 8.21. The number of benzene rings is 1. The maximum Gasteiger partial charge on any atom is 0.0485 e. The molecule has 0 spiro atoms. The van der Waals surface area contributed by atoms with Crippen molar-refractivity contribution in [2.24, 2.45) is 11.7 Å². The quantitative estimate of drug-likeness (QED) is 0.885. The standard InChI is InChI=1S/C15H22BrClN2/c1-2-11-5-7-19(8-6-11)15(10-18)13-4-3-12(16)9-14(13)17/h3-4,9,11,15H,2,5-8,10,18H2,1H3. The summed E-state index contributed by atoms with van der Waals surface area (Å²) in [5, 5.41) is 0.808. The van der Waals surface area contributed by atoms with Gasteiger partial charge in [-0.1, -0.05) is 46.9 Å². The summed E-state index contributed by atoms with van der Waals surface area (Å²) in [6, 6.07) is 6.34. The van der Waals surface area contributed by atoms with Crippen LogP contribution in [-0.4, -0.2) is 24.5 Å². The number of halogens is 2. The zero-order valence-electron chi connectivity index (χ0n) is 11.4. The first-order chi connectivity index (χ1) is 9.15. The van der Waals surface area contributed by atoms with Gasteiger partial charge in [-0.25, -0.2) is 0 Å². The summed E-state index contributed by atoms with van der Waals surface area (Å²) in [5.41, 5.74) is 7.15. The molecule has 1 aromatic carbocycles. The molecule has 1 atom stereocenters. The highest BCUT2D eigenvalue weighted by molar-refractivity contribution is 9.10. The van der Waals surface area contributed by atoms with Crippen LogP contribution in [0.3, 0.4) is 0 Å². The van der Waals surface area contributed by atoms with Crippen LogP contribution in [0.1, 0.15) is 37.8 Å². The molecular weight excluding hydrogens is 324 g/mol. The highest BCUT2D eigenvalue weighted by Crippen LogP contribution is 2.32. The van der Waals surface area contributed by atoms with Crippen LogP contribution >= 0.6 is 27.5 Å². The topological polar surface area (TPSA) is 29.3 Å². The minimum Gasteiger partial charge on any atom is -0.329 e. The molecule has 2 nitrogen and oxygen atoms in total. The molecule has 1 heterocycles. The van der Waals surface area contributed by atoms with Crippen molar-refractivity contribution in [2.45, 2.75) is 32.2 Å². The lowest BCUT2D eigenvalue weighted by Gasteiger charge is -2.37. The van der Waals surface area contributed by atoms with E-state index in [1.54, 1.807) is 0 Å². The van der Waals surface area contributed by atoms with Crippen molar-refractivity contribution in [1.82, 2.24) is 4.90 Å². The van der Waals surface area contributed by atoms with Gasteiger partial charge in [-0.3, -0.25) is 4.90 Å². The Labute approximate surface area is 129 Å². The van der Waals surface area contributed by atoms with Crippen LogP contribution in [0.25, 0.3) is 0 Å². The molecule has 0 aliphatic carbocycles. The van der Waals surface area contributed by atoms with E-state index in [2.05, 4.69) is 33.8 Å². The zero-order valence-corrected chi connectivity index (χ0v) is 13.8. The minimum absolute atomic E-state index is 0.249. The molecule has 2 N–H and O–H groups in total. The Balaban J connectivity index is 2.12. The van der Waals surface area contributed by atoms with Crippen LogP contribution < -0.4 is 5.73 Å². The summed E-state index contributed by atoms with van der Waals surface area (Å²) in [6.45, 7) is 5.17. The van der Waals surface area contributed by atoms with Crippen molar-refractivity contribution in [1.29, 1.82) is 0 Å². The summed E-state index contributed by atoms with van der Waals surface area (Å²) < 4.78 is 1.02. The maximum atomic E-state index is 6.37. The van der Waals surface area contributed by atoms with E-state index in [0.29, 0.717) is 6.54 Å². The van der Waals surface area contributed by atoms with Gasteiger partial charge in [-0.15, -0.1) is 0 Å². The number of likely N-dealkylation sites (tertiary alicyclic amines) is 1. The molecule has 1 aliphatic rings. The van der Waals surface area contributed by atoms with Gasteiger partial charge in [0.05, 0.1) is 0 Å². The molecule has 2 rings (SSSR count). The Bertz CT molecular complexity index is 417. The van der Waals surface area contributed by atoms with Crippen molar-refractivity contribution in [3.63, 3.8) is 0 Å². The summed E-state index contributed by atoms with van der Waals surface area (Å²) >= 11 is 9.82. The lowest BCUT2D eigenvalue weighted by Crippen LogP contribution is -2.39. The second-order valence-electron chi connectivity index (χ2n) is 5.30. The van der Waals surface area contributed by atoms with Crippen molar-refractivity contribution in [3.8, 4) is 0 Å².